The zero-order valence-electron chi connectivity index (χ0n) is 27.8. The van der Waals surface area contributed by atoms with Gasteiger partial charge in [-0.15, -0.1) is 0 Å². The van der Waals surface area contributed by atoms with Crippen molar-refractivity contribution >= 4 is 22.6 Å². The average Bonchev–Trinajstić information content (AvgIpc) is 3.52. The number of cyclic esters (lactones) is 1. The maximum atomic E-state index is 13.6. The SMILES string of the molecule is COc1cc([C@@H]2c3cc4c(cc3[C@@H](O[Si](C)(C)C(C)(C)C)[C@H]3COC(=O)[C@H]23)OCO4)cc(OC)c1O[Si](C)(C)C(C)(C)C. The Hall–Kier alpha value is -2.70. The Morgan fingerprint density at radius 3 is 1.81 bits per heavy atom. The van der Waals surface area contributed by atoms with E-state index in [0.29, 0.717) is 35.4 Å². The van der Waals surface area contributed by atoms with E-state index in [1.54, 1.807) is 14.2 Å². The second kappa shape index (κ2) is 10.7. The molecule has 4 atom stereocenters. The average molecular weight is 629 g/mol. The van der Waals surface area contributed by atoms with Gasteiger partial charge in [0.1, 0.15) is 0 Å². The molecule has 1 fully saturated rings. The van der Waals surface area contributed by atoms with E-state index in [1.165, 1.54) is 0 Å². The number of carbonyl (C=O) groups excluding carboxylic acids is 1. The Kier molecular flexibility index (Phi) is 7.92. The molecule has 43 heavy (non-hydrogen) atoms. The van der Waals surface area contributed by atoms with E-state index < -0.39 is 22.6 Å². The van der Waals surface area contributed by atoms with Crippen molar-refractivity contribution in [2.75, 3.05) is 27.6 Å². The van der Waals surface area contributed by atoms with E-state index >= 15 is 0 Å². The summed E-state index contributed by atoms with van der Waals surface area (Å²) in [4.78, 5) is 13.6. The van der Waals surface area contributed by atoms with Crippen LogP contribution in [-0.4, -0.2) is 50.2 Å². The Labute approximate surface area is 258 Å². The number of hydrogen-bond donors (Lipinski definition) is 0. The number of esters is 1. The van der Waals surface area contributed by atoms with Crippen molar-refractivity contribution in [3.63, 3.8) is 0 Å². The summed E-state index contributed by atoms with van der Waals surface area (Å²) in [7, 11) is -1.18. The predicted molar refractivity (Wildman–Crippen MR) is 171 cm³/mol. The first-order valence-electron chi connectivity index (χ1n) is 15.1. The number of rotatable bonds is 7. The highest BCUT2D eigenvalue weighted by Gasteiger charge is 2.55. The van der Waals surface area contributed by atoms with Crippen molar-refractivity contribution in [2.24, 2.45) is 11.8 Å². The van der Waals surface area contributed by atoms with Gasteiger partial charge in [0.05, 0.1) is 32.8 Å². The minimum Gasteiger partial charge on any atom is -0.539 e. The van der Waals surface area contributed by atoms with E-state index in [4.69, 9.17) is 32.5 Å². The largest absolute Gasteiger partial charge is 0.539 e. The highest BCUT2D eigenvalue weighted by Crippen LogP contribution is 2.58. The smallest absolute Gasteiger partial charge is 0.310 e. The van der Waals surface area contributed by atoms with Crippen LogP contribution in [0.5, 0.6) is 28.7 Å². The molecule has 0 spiro atoms. The minimum atomic E-state index is -2.24. The molecule has 2 aliphatic heterocycles. The van der Waals surface area contributed by atoms with Gasteiger partial charge in [0.2, 0.25) is 6.79 Å². The summed E-state index contributed by atoms with van der Waals surface area (Å²) in [6.45, 7) is 22.6. The van der Waals surface area contributed by atoms with Crippen LogP contribution in [0, 0.1) is 11.8 Å². The van der Waals surface area contributed by atoms with Gasteiger partial charge >= 0.3 is 5.97 Å². The lowest BCUT2D eigenvalue weighted by Gasteiger charge is -2.45. The summed E-state index contributed by atoms with van der Waals surface area (Å²) in [6, 6.07) is 8.04. The van der Waals surface area contributed by atoms with Crippen molar-refractivity contribution in [2.45, 2.75) is 89.8 Å². The van der Waals surface area contributed by atoms with Gasteiger partial charge in [-0.3, -0.25) is 4.79 Å². The molecule has 1 aliphatic carbocycles. The summed E-state index contributed by atoms with van der Waals surface area (Å²) in [6.07, 6.45) is -0.317. The van der Waals surface area contributed by atoms with Crippen molar-refractivity contribution in [3.05, 3.63) is 41.0 Å². The molecule has 0 bridgehead atoms. The first kappa shape index (κ1) is 31.7. The summed E-state index contributed by atoms with van der Waals surface area (Å²) < 4.78 is 43.2. The number of carbonyl (C=O) groups is 1. The molecule has 0 amide bonds. The summed E-state index contributed by atoms with van der Waals surface area (Å²) >= 11 is 0. The third-order valence-electron chi connectivity index (χ3n) is 10.4. The Morgan fingerprint density at radius 2 is 1.30 bits per heavy atom. The molecule has 2 aromatic rings. The van der Waals surface area contributed by atoms with Crippen molar-refractivity contribution in [3.8, 4) is 28.7 Å². The standard InChI is InChI=1S/C33H48O8Si2/c1-32(2,3)42(9,10)40-29-21-16-24-23(38-18-39-24)15-20(21)27(28-22(29)17-37-31(28)34)19-13-25(35-7)30(26(14-19)36-8)41-43(11,12)33(4,5)6/h13-16,22,27-29H,17-18H2,1-12H3/t22-,27+,28-,29+/m0/s1. The fourth-order valence-corrected chi connectivity index (χ4v) is 8.05. The molecule has 5 rings (SSSR count). The van der Waals surface area contributed by atoms with Gasteiger partial charge in [-0.05, 0) is 77.2 Å². The van der Waals surface area contributed by atoms with Crippen molar-refractivity contribution < 1.29 is 37.3 Å². The molecule has 3 aliphatic rings. The molecule has 2 aromatic carbocycles. The normalized spacial score (nSPS) is 23.4. The van der Waals surface area contributed by atoms with Crippen LogP contribution in [0.1, 0.15) is 70.3 Å². The molecule has 8 nitrogen and oxygen atoms in total. The first-order chi connectivity index (χ1) is 19.9. The highest BCUT2D eigenvalue weighted by molar-refractivity contribution is 6.75. The second-order valence-corrected chi connectivity index (χ2v) is 24.5. The van der Waals surface area contributed by atoms with Gasteiger partial charge < -0.3 is 32.5 Å². The maximum absolute atomic E-state index is 13.6. The van der Waals surface area contributed by atoms with Crippen LogP contribution >= 0.6 is 0 Å². The Morgan fingerprint density at radius 1 is 0.767 bits per heavy atom. The third-order valence-corrected chi connectivity index (χ3v) is 19.1. The summed E-state index contributed by atoms with van der Waals surface area (Å²) in [5, 5.41) is -0.0353. The second-order valence-electron chi connectivity index (χ2n) is 15.0. The van der Waals surface area contributed by atoms with Crippen LogP contribution in [0.4, 0.5) is 0 Å². The highest BCUT2D eigenvalue weighted by atomic mass is 28.4. The van der Waals surface area contributed by atoms with E-state index in [9.17, 15) is 4.79 Å². The van der Waals surface area contributed by atoms with Gasteiger partial charge in [-0.25, -0.2) is 0 Å². The Bertz CT molecular complexity index is 1380. The fourth-order valence-electron chi connectivity index (χ4n) is 5.75. The maximum Gasteiger partial charge on any atom is 0.310 e. The quantitative estimate of drug-likeness (QED) is 0.227. The van der Waals surface area contributed by atoms with Crippen LogP contribution in [0.25, 0.3) is 0 Å². The van der Waals surface area contributed by atoms with Crippen LogP contribution in [0.15, 0.2) is 24.3 Å². The molecule has 0 aromatic heterocycles. The van der Waals surface area contributed by atoms with Crippen molar-refractivity contribution in [1.82, 2.24) is 0 Å². The first-order valence-corrected chi connectivity index (χ1v) is 20.9. The molecular weight excluding hydrogens is 581 g/mol. The number of benzene rings is 2. The topological polar surface area (TPSA) is 81.7 Å². The van der Waals surface area contributed by atoms with E-state index in [2.05, 4.69) is 67.7 Å². The van der Waals surface area contributed by atoms with Gasteiger partial charge in [-0.1, -0.05) is 41.5 Å². The number of methoxy groups -OCH3 is 2. The number of fused-ring (bicyclic) bond motifs is 3. The molecule has 236 valence electrons. The molecule has 0 radical (unpaired) electrons. The number of ether oxygens (including phenoxy) is 5. The summed E-state index contributed by atoms with van der Waals surface area (Å²) in [5.74, 6) is 1.91. The molecule has 1 saturated heterocycles. The van der Waals surface area contributed by atoms with Gasteiger partial charge in [0.15, 0.2) is 37.1 Å². The van der Waals surface area contributed by atoms with Crippen LogP contribution < -0.4 is 23.4 Å². The van der Waals surface area contributed by atoms with Crippen molar-refractivity contribution in [1.29, 1.82) is 0 Å². The van der Waals surface area contributed by atoms with Crippen LogP contribution in [0.2, 0.25) is 36.3 Å². The lowest BCUT2D eigenvalue weighted by atomic mass is 9.66. The zero-order chi connectivity index (χ0) is 31.7. The third kappa shape index (κ3) is 5.44. The van der Waals surface area contributed by atoms with E-state index in [-0.39, 0.29) is 40.8 Å². The summed E-state index contributed by atoms with van der Waals surface area (Å²) in [5.41, 5.74) is 2.87. The van der Waals surface area contributed by atoms with Gasteiger partial charge in [-0.2, -0.15) is 0 Å². The predicted octanol–water partition coefficient (Wildman–Crippen LogP) is 7.81. The molecule has 10 heteroatoms. The molecular formula is C33H48O8Si2. The molecule has 0 saturated carbocycles. The number of hydrogen-bond acceptors (Lipinski definition) is 8. The monoisotopic (exact) mass is 628 g/mol. The van der Waals surface area contributed by atoms with Crippen LogP contribution in [-0.2, 0) is 14.0 Å². The van der Waals surface area contributed by atoms with Crippen LogP contribution in [0.3, 0.4) is 0 Å². The lowest BCUT2D eigenvalue weighted by molar-refractivity contribution is -0.141. The molecule has 2 heterocycles. The van der Waals surface area contributed by atoms with Gasteiger partial charge in [0, 0.05) is 11.8 Å². The molecule has 0 N–H and O–H groups in total. The zero-order valence-corrected chi connectivity index (χ0v) is 29.8. The fraction of sp³-hybridized carbons (Fsp3) is 0.606. The molecule has 0 unspecified atom stereocenters. The Balaban J connectivity index is 1.70. The minimum absolute atomic E-state index is 0.0139. The van der Waals surface area contributed by atoms with E-state index in [1.807, 2.05) is 24.3 Å². The van der Waals surface area contributed by atoms with E-state index in [0.717, 1.165) is 16.7 Å². The lowest BCUT2D eigenvalue weighted by Crippen LogP contribution is -2.46. The van der Waals surface area contributed by atoms with Gasteiger partial charge in [0.25, 0.3) is 8.32 Å².